The van der Waals surface area contributed by atoms with Gasteiger partial charge in [0.2, 0.25) is 5.95 Å². The zero-order valence-electron chi connectivity index (χ0n) is 13.3. The van der Waals surface area contributed by atoms with E-state index in [4.69, 9.17) is 4.74 Å². The molecule has 2 heterocycles. The van der Waals surface area contributed by atoms with Crippen molar-refractivity contribution in [3.05, 3.63) is 20.8 Å². The number of nitrogens with one attached hydrogen (secondary N) is 2. The number of H-pyrrole nitrogens is 1. The second kappa shape index (κ2) is 6.75. The molecule has 22 heavy (non-hydrogen) atoms. The summed E-state index contributed by atoms with van der Waals surface area (Å²) in [6, 6.07) is 0. The lowest BCUT2D eigenvalue weighted by molar-refractivity contribution is 0.188. The number of hydrogen-bond acceptors (Lipinski definition) is 6. The molecule has 0 saturated heterocycles. The molecule has 0 aliphatic carbocycles. The van der Waals surface area contributed by atoms with Crippen LogP contribution in [0.25, 0.3) is 11.2 Å². The van der Waals surface area contributed by atoms with Crippen LogP contribution in [-0.4, -0.2) is 64.9 Å². The van der Waals surface area contributed by atoms with Crippen molar-refractivity contribution in [1.82, 2.24) is 24.0 Å². The van der Waals surface area contributed by atoms with E-state index in [9.17, 15) is 9.59 Å². The first-order valence-electron chi connectivity index (χ1n) is 7.02. The largest absolute Gasteiger partial charge is 0.383 e. The predicted molar refractivity (Wildman–Crippen MR) is 84.5 cm³/mol. The number of hydrogen-bond donors (Lipinski definition) is 2. The molecule has 2 aromatic heterocycles. The Hall–Kier alpha value is -2.13. The number of anilines is 1. The summed E-state index contributed by atoms with van der Waals surface area (Å²) in [6.07, 6.45) is 0. The molecule has 2 rings (SSSR count). The van der Waals surface area contributed by atoms with Gasteiger partial charge in [0.05, 0.1) is 6.61 Å². The maximum Gasteiger partial charge on any atom is 0.329 e. The van der Waals surface area contributed by atoms with Gasteiger partial charge in [0.1, 0.15) is 0 Å². The van der Waals surface area contributed by atoms with Crippen molar-refractivity contribution in [2.45, 2.75) is 6.54 Å². The van der Waals surface area contributed by atoms with Crippen LogP contribution < -0.4 is 16.6 Å². The van der Waals surface area contributed by atoms with Crippen LogP contribution in [-0.2, 0) is 18.3 Å². The first-order chi connectivity index (χ1) is 10.5. The Labute approximate surface area is 127 Å². The number of fused-ring (bicyclic) bond motifs is 1. The zero-order chi connectivity index (χ0) is 16.3. The zero-order valence-corrected chi connectivity index (χ0v) is 13.3. The number of aromatic nitrogens is 4. The molecule has 2 N–H and O–H groups in total. The third-order valence-electron chi connectivity index (χ3n) is 3.37. The standard InChI is InChI=1S/C13H22N6O3/c1-17(2)6-5-14-12-15-10-9(19(12)7-8-22-4)11(20)16-13(21)18(10)3/h5-8H2,1-4H3,(H,14,15)(H,16,20,21). The van der Waals surface area contributed by atoms with Gasteiger partial charge in [-0.3, -0.25) is 14.3 Å². The predicted octanol–water partition coefficient (Wildman–Crippen LogP) is -0.957. The molecule has 0 atom stereocenters. The Morgan fingerprint density at radius 1 is 1.36 bits per heavy atom. The third-order valence-corrected chi connectivity index (χ3v) is 3.37. The lowest BCUT2D eigenvalue weighted by Crippen LogP contribution is -2.29. The van der Waals surface area contributed by atoms with Gasteiger partial charge in [-0.25, -0.2) is 4.79 Å². The molecule has 0 aromatic carbocycles. The second-order valence-electron chi connectivity index (χ2n) is 5.30. The summed E-state index contributed by atoms with van der Waals surface area (Å²) in [5, 5.41) is 3.20. The highest BCUT2D eigenvalue weighted by molar-refractivity contribution is 5.74. The number of nitrogens with zero attached hydrogens (tertiary/aromatic N) is 4. The molecule has 0 radical (unpaired) electrons. The molecule has 0 aliphatic heterocycles. The van der Waals surface area contributed by atoms with Crippen LogP contribution in [0, 0.1) is 0 Å². The number of methoxy groups -OCH3 is 1. The fourth-order valence-corrected chi connectivity index (χ4v) is 2.16. The summed E-state index contributed by atoms with van der Waals surface area (Å²) < 4.78 is 8.16. The SMILES string of the molecule is COCCn1c(NCCN(C)C)nc2c1c(=O)[nH]c(=O)n2C. The van der Waals surface area contributed by atoms with Crippen LogP contribution in [0.4, 0.5) is 5.95 Å². The van der Waals surface area contributed by atoms with Crippen LogP contribution in [0.2, 0.25) is 0 Å². The maximum absolute atomic E-state index is 12.1. The van der Waals surface area contributed by atoms with Gasteiger partial charge in [-0.15, -0.1) is 0 Å². The second-order valence-corrected chi connectivity index (χ2v) is 5.30. The van der Waals surface area contributed by atoms with Crippen molar-refractivity contribution in [2.24, 2.45) is 7.05 Å². The van der Waals surface area contributed by atoms with E-state index in [0.717, 1.165) is 6.54 Å². The van der Waals surface area contributed by atoms with Gasteiger partial charge in [-0.05, 0) is 14.1 Å². The fourth-order valence-electron chi connectivity index (χ4n) is 2.16. The number of imidazole rings is 1. The normalized spacial score (nSPS) is 11.5. The Morgan fingerprint density at radius 3 is 2.73 bits per heavy atom. The molecule has 9 heteroatoms. The topological polar surface area (TPSA) is 97.2 Å². The Bertz CT molecular complexity index is 757. The number of rotatable bonds is 7. The van der Waals surface area contributed by atoms with E-state index in [-0.39, 0.29) is 0 Å². The van der Waals surface area contributed by atoms with Gasteiger partial charge in [-0.1, -0.05) is 0 Å². The van der Waals surface area contributed by atoms with Crippen molar-refractivity contribution in [2.75, 3.05) is 46.2 Å². The molecule has 0 unspecified atom stereocenters. The lowest BCUT2D eigenvalue weighted by Gasteiger charge is -2.12. The van der Waals surface area contributed by atoms with Gasteiger partial charge in [-0.2, -0.15) is 4.98 Å². The summed E-state index contributed by atoms with van der Waals surface area (Å²) in [5.74, 6) is 0.556. The molecule has 122 valence electrons. The average Bonchev–Trinajstić information content (AvgIpc) is 2.81. The van der Waals surface area contributed by atoms with Crippen molar-refractivity contribution in [3.8, 4) is 0 Å². The highest BCUT2D eigenvalue weighted by atomic mass is 16.5. The number of likely N-dealkylation sites (N-methyl/N-ethyl adjacent to an activating group) is 1. The van der Waals surface area contributed by atoms with E-state index in [1.165, 1.54) is 4.57 Å². The highest BCUT2D eigenvalue weighted by Gasteiger charge is 2.16. The molecular weight excluding hydrogens is 288 g/mol. The minimum Gasteiger partial charge on any atom is -0.383 e. The molecule has 0 fully saturated rings. The smallest absolute Gasteiger partial charge is 0.329 e. The van der Waals surface area contributed by atoms with Gasteiger partial charge < -0.3 is 19.5 Å². The summed E-state index contributed by atoms with van der Waals surface area (Å²) in [5.41, 5.74) is -0.195. The van der Waals surface area contributed by atoms with Crippen molar-refractivity contribution < 1.29 is 4.74 Å². The first-order valence-corrected chi connectivity index (χ1v) is 7.02. The molecule has 0 amide bonds. The third kappa shape index (κ3) is 3.20. The van der Waals surface area contributed by atoms with Crippen LogP contribution in [0.1, 0.15) is 0 Å². The Balaban J connectivity index is 2.49. The quantitative estimate of drug-likeness (QED) is 0.684. The molecule has 0 bridgehead atoms. The van der Waals surface area contributed by atoms with E-state index >= 15 is 0 Å². The summed E-state index contributed by atoms with van der Waals surface area (Å²) >= 11 is 0. The minimum atomic E-state index is -0.478. The monoisotopic (exact) mass is 310 g/mol. The Morgan fingerprint density at radius 2 is 2.09 bits per heavy atom. The first kappa shape index (κ1) is 16.2. The summed E-state index contributed by atoms with van der Waals surface area (Å²) in [7, 11) is 7.13. The number of aromatic amines is 1. The molecule has 0 aliphatic rings. The van der Waals surface area contributed by atoms with Crippen LogP contribution in [0.15, 0.2) is 9.59 Å². The Kier molecular flexibility index (Phi) is 4.99. The van der Waals surface area contributed by atoms with Gasteiger partial charge in [0.15, 0.2) is 11.2 Å². The van der Waals surface area contributed by atoms with Gasteiger partial charge >= 0.3 is 5.69 Å². The molecule has 0 saturated carbocycles. The van der Waals surface area contributed by atoms with Gasteiger partial charge in [0, 0.05) is 33.8 Å². The molecule has 2 aromatic rings. The van der Waals surface area contributed by atoms with E-state index < -0.39 is 11.2 Å². The van der Waals surface area contributed by atoms with E-state index in [2.05, 4.69) is 15.3 Å². The maximum atomic E-state index is 12.1. The summed E-state index contributed by atoms with van der Waals surface area (Å²) in [6.45, 7) is 2.41. The highest BCUT2D eigenvalue weighted by Crippen LogP contribution is 2.14. The summed E-state index contributed by atoms with van der Waals surface area (Å²) in [4.78, 5) is 32.6. The van der Waals surface area contributed by atoms with Gasteiger partial charge in [0.25, 0.3) is 5.56 Å². The van der Waals surface area contributed by atoms with Crippen molar-refractivity contribution in [1.29, 1.82) is 0 Å². The van der Waals surface area contributed by atoms with E-state index in [1.54, 1.807) is 18.7 Å². The average molecular weight is 310 g/mol. The van der Waals surface area contributed by atoms with Crippen molar-refractivity contribution >= 4 is 17.1 Å². The molecule has 0 spiro atoms. The fraction of sp³-hybridized carbons (Fsp3) is 0.615. The lowest BCUT2D eigenvalue weighted by atomic mass is 10.5. The molecular formula is C13H22N6O3. The minimum absolute atomic E-state index is 0.359. The molecule has 9 nitrogen and oxygen atoms in total. The van der Waals surface area contributed by atoms with E-state index in [1.807, 2.05) is 19.0 Å². The van der Waals surface area contributed by atoms with Crippen LogP contribution in [0.5, 0.6) is 0 Å². The van der Waals surface area contributed by atoms with E-state index in [0.29, 0.717) is 36.8 Å². The van der Waals surface area contributed by atoms with Crippen LogP contribution in [0.3, 0.4) is 0 Å². The van der Waals surface area contributed by atoms with Crippen molar-refractivity contribution in [3.63, 3.8) is 0 Å². The number of aryl methyl sites for hydroxylation is 1. The van der Waals surface area contributed by atoms with Crippen LogP contribution >= 0.6 is 0 Å². The number of ether oxygens (including phenoxy) is 1.